The molecular weight excluding hydrogens is 143 g/mol. The lowest BCUT2D eigenvalue weighted by Crippen LogP contribution is -1.83. The fraction of sp³-hybridized carbons (Fsp3) is 0.111. The van der Waals surface area contributed by atoms with Gasteiger partial charge in [-0.25, -0.2) is 4.39 Å². The Labute approximate surface area is 65.1 Å². The molecule has 0 saturated heterocycles. The molecule has 0 heterocycles. The van der Waals surface area contributed by atoms with E-state index in [0.29, 0.717) is 11.3 Å². The molecule has 11 heavy (non-hydrogen) atoms. The Morgan fingerprint density at radius 3 is 2.82 bits per heavy atom. The van der Waals surface area contributed by atoms with Gasteiger partial charge in [0.25, 0.3) is 0 Å². The topological polar surface area (TPSA) is 9.23 Å². The molecule has 0 N–H and O–H groups in total. The first-order valence-electron chi connectivity index (χ1n) is 3.23. The van der Waals surface area contributed by atoms with Crippen LogP contribution >= 0.6 is 0 Å². The molecule has 58 valence electrons. The third-order valence-corrected chi connectivity index (χ3v) is 1.38. The zero-order valence-electron chi connectivity index (χ0n) is 6.30. The highest BCUT2D eigenvalue weighted by Crippen LogP contribution is 2.18. The lowest BCUT2D eigenvalue weighted by atomic mass is 10.2. The van der Waals surface area contributed by atoms with Crippen LogP contribution in [0, 0.1) is 0 Å². The van der Waals surface area contributed by atoms with Gasteiger partial charge in [-0.05, 0) is 12.1 Å². The third-order valence-electron chi connectivity index (χ3n) is 1.38. The van der Waals surface area contributed by atoms with Crippen molar-refractivity contribution in [1.29, 1.82) is 0 Å². The van der Waals surface area contributed by atoms with Crippen molar-refractivity contribution >= 4 is 5.83 Å². The van der Waals surface area contributed by atoms with E-state index in [-0.39, 0.29) is 0 Å². The molecule has 1 nitrogen and oxygen atoms in total. The van der Waals surface area contributed by atoms with Crippen LogP contribution in [0.3, 0.4) is 0 Å². The molecule has 1 aromatic rings. The second kappa shape index (κ2) is 3.19. The van der Waals surface area contributed by atoms with Crippen LogP contribution < -0.4 is 4.74 Å². The number of rotatable bonds is 2. The summed E-state index contributed by atoms with van der Waals surface area (Å²) in [7, 11) is 1.54. The number of hydrogen-bond donors (Lipinski definition) is 0. The summed E-state index contributed by atoms with van der Waals surface area (Å²) in [6.07, 6.45) is 0. The van der Waals surface area contributed by atoms with E-state index in [4.69, 9.17) is 4.74 Å². The van der Waals surface area contributed by atoms with Crippen molar-refractivity contribution in [2.45, 2.75) is 0 Å². The molecule has 0 aliphatic heterocycles. The molecule has 0 aliphatic rings. The maximum atomic E-state index is 12.5. The van der Waals surface area contributed by atoms with Crippen molar-refractivity contribution in [3.8, 4) is 5.75 Å². The van der Waals surface area contributed by atoms with E-state index >= 15 is 0 Å². The average Bonchev–Trinajstić information content (AvgIpc) is 2.05. The maximum Gasteiger partial charge on any atom is 0.123 e. The molecule has 0 amide bonds. The van der Waals surface area contributed by atoms with Crippen molar-refractivity contribution in [2.75, 3.05) is 7.11 Å². The molecule has 0 aromatic heterocycles. The largest absolute Gasteiger partial charge is 0.497 e. The highest BCUT2D eigenvalue weighted by Gasteiger charge is 1.97. The second-order valence-electron chi connectivity index (χ2n) is 2.14. The number of benzene rings is 1. The molecule has 2 heteroatoms. The highest BCUT2D eigenvalue weighted by atomic mass is 19.1. The predicted molar refractivity (Wildman–Crippen MR) is 43.1 cm³/mol. The van der Waals surface area contributed by atoms with Crippen LogP contribution in [0.25, 0.3) is 5.83 Å². The van der Waals surface area contributed by atoms with E-state index in [1.54, 1.807) is 31.4 Å². The fourth-order valence-corrected chi connectivity index (χ4v) is 0.792. The lowest BCUT2D eigenvalue weighted by Gasteiger charge is -2.00. The molecular formula is C9H9FO. The van der Waals surface area contributed by atoms with E-state index in [0.717, 1.165) is 0 Å². The van der Waals surface area contributed by atoms with Crippen LogP contribution in [0.5, 0.6) is 5.75 Å². The summed E-state index contributed by atoms with van der Waals surface area (Å²) >= 11 is 0. The smallest absolute Gasteiger partial charge is 0.123 e. The standard InChI is InChI=1S/C9H9FO/c1-7(10)8-4-3-5-9(6-8)11-2/h3-6H,1H2,2H3. The first-order chi connectivity index (χ1) is 5.24. The summed E-state index contributed by atoms with van der Waals surface area (Å²) in [5, 5.41) is 0. The van der Waals surface area contributed by atoms with Crippen molar-refractivity contribution < 1.29 is 9.13 Å². The van der Waals surface area contributed by atoms with E-state index in [9.17, 15) is 4.39 Å². The van der Waals surface area contributed by atoms with Gasteiger partial charge in [-0.2, -0.15) is 0 Å². The van der Waals surface area contributed by atoms with Gasteiger partial charge in [0.2, 0.25) is 0 Å². The van der Waals surface area contributed by atoms with Gasteiger partial charge in [-0.15, -0.1) is 0 Å². The van der Waals surface area contributed by atoms with E-state index in [1.165, 1.54) is 0 Å². The molecule has 0 saturated carbocycles. The van der Waals surface area contributed by atoms with Crippen molar-refractivity contribution in [1.82, 2.24) is 0 Å². The number of methoxy groups -OCH3 is 1. The van der Waals surface area contributed by atoms with Gasteiger partial charge in [0.05, 0.1) is 7.11 Å². The van der Waals surface area contributed by atoms with Gasteiger partial charge < -0.3 is 4.74 Å². The summed E-state index contributed by atoms with van der Waals surface area (Å²) in [4.78, 5) is 0. The van der Waals surface area contributed by atoms with Crippen LogP contribution in [0.15, 0.2) is 30.8 Å². The highest BCUT2D eigenvalue weighted by molar-refractivity contribution is 5.58. The Balaban J connectivity index is 3.01. The summed E-state index contributed by atoms with van der Waals surface area (Å²) in [5.41, 5.74) is 0.462. The molecule has 0 atom stereocenters. The molecule has 0 spiro atoms. The Morgan fingerprint density at radius 1 is 1.55 bits per heavy atom. The van der Waals surface area contributed by atoms with Crippen LogP contribution in [0.4, 0.5) is 4.39 Å². The lowest BCUT2D eigenvalue weighted by molar-refractivity contribution is 0.414. The zero-order chi connectivity index (χ0) is 8.27. The van der Waals surface area contributed by atoms with Gasteiger partial charge in [0.15, 0.2) is 0 Å². The SMILES string of the molecule is C=C(F)c1cccc(OC)c1. The van der Waals surface area contributed by atoms with E-state index in [2.05, 4.69) is 6.58 Å². The van der Waals surface area contributed by atoms with Crippen molar-refractivity contribution in [3.63, 3.8) is 0 Å². The van der Waals surface area contributed by atoms with Gasteiger partial charge in [-0.1, -0.05) is 18.7 Å². The summed E-state index contributed by atoms with van der Waals surface area (Å²) in [5.74, 6) is 0.199. The van der Waals surface area contributed by atoms with Crippen LogP contribution in [-0.4, -0.2) is 7.11 Å². The molecule has 0 aliphatic carbocycles. The molecule has 0 fully saturated rings. The Kier molecular flexibility index (Phi) is 2.26. The Bertz CT molecular complexity index is 268. The zero-order valence-corrected chi connectivity index (χ0v) is 6.30. The normalized spacial score (nSPS) is 9.27. The van der Waals surface area contributed by atoms with Gasteiger partial charge in [0, 0.05) is 5.56 Å². The second-order valence-corrected chi connectivity index (χ2v) is 2.14. The molecule has 0 bridgehead atoms. The van der Waals surface area contributed by atoms with Gasteiger partial charge >= 0.3 is 0 Å². The molecule has 0 unspecified atom stereocenters. The van der Waals surface area contributed by atoms with Crippen LogP contribution in [-0.2, 0) is 0 Å². The van der Waals surface area contributed by atoms with Crippen LogP contribution in [0.2, 0.25) is 0 Å². The quantitative estimate of drug-likeness (QED) is 0.633. The monoisotopic (exact) mass is 152 g/mol. The number of hydrogen-bond acceptors (Lipinski definition) is 1. The van der Waals surface area contributed by atoms with Crippen LogP contribution in [0.1, 0.15) is 5.56 Å². The average molecular weight is 152 g/mol. The van der Waals surface area contributed by atoms with E-state index < -0.39 is 5.83 Å². The Morgan fingerprint density at radius 2 is 2.27 bits per heavy atom. The van der Waals surface area contributed by atoms with Gasteiger partial charge in [0.1, 0.15) is 11.6 Å². The molecule has 1 rings (SSSR count). The van der Waals surface area contributed by atoms with E-state index in [1.807, 2.05) is 0 Å². The number of halogens is 1. The summed E-state index contributed by atoms with van der Waals surface area (Å²) in [6, 6.07) is 6.72. The predicted octanol–water partition coefficient (Wildman–Crippen LogP) is 2.64. The first-order valence-corrected chi connectivity index (χ1v) is 3.23. The number of ether oxygens (including phenoxy) is 1. The van der Waals surface area contributed by atoms with Crippen molar-refractivity contribution in [2.24, 2.45) is 0 Å². The van der Waals surface area contributed by atoms with Crippen molar-refractivity contribution in [3.05, 3.63) is 36.4 Å². The third kappa shape index (κ3) is 1.80. The summed E-state index contributed by atoms with van der Waals surface area (Å²) in [6.45, 7) is 3.18. The molecule has 0 radical (unpaired) electrons. The fourth-order valence-electron chi connectivity index (χ4n) is 0.792. The minimum atomic E-state index is -0.441. The molecule has 1 aromatic carbocycles. The Hall–Kier alpha value is -1.31. The first kappa shape index (κ1) is 7.79. The maximum absolute atomic E-state index is 12.5. The minimum absolute atomic E-state index is 0.441. The minimum Gasteiger partial charge on any atom is -0.497 e. The van der Waals surface area contributed by atoms with Gasteiger partial charge in [-0.3, -0.25) is 0 Å². The summed E-state index contributed by atoms with van der Waals surface area (Å²) < 4.78 is 17.4.